The second-order valence-electron chi connectivity index (χ2n) is 5.24. The molecule has 0 N–H and O–H groups in total. The van der Waals surface area contributed by atoms with E-state index in [0.29, 0.717) is 6.61 Å². The van der Waals surface area contributed by atoms with Crippen LogP contribution in [0.1, 0.15) is 46.5 Å². The standard InChI is InChI=1S/C14H27NO2/c1-4-7-12(3)10-15-9-6-8-13(11-15)14(16)17-5-2/h12-13H,4-11H2,1-3H3/t12?,13-/m1/s1. The third-order valence-corrected chi connectivity index (χ3v) is 3.48. The summed E-state index contributed by atoms with van der Waals surface area (Å²) in [6.45, 7) is 10.1. The van der Waals surface area contributed by atoms with Crippen LogP contribution in [-0.4, -0.2) is 37.1 Å². The average Bonchev–Trinajstić information content (AvgIpc) is 2.30. The predicted octanol–water partition coefficient (Wildman–Crippen LogP) is 2.70. The van der Waals surface area contributed by atoms with Crippen molar-refractivity contribution in [3.63, 3.8) is 0 Å². The van der Waals surface area contributed by atoms with Crippen LogP contribution in [0.25, 0.3) is 0 Å². The third kappa shape index (κ3) is 5.07. The zero-order valence-corrected chi connectivity index (χ0v) is 11.6. The molecule has 0 aromatic heterocycles. The molecule has 0 aromatic carbocycles. The van der Waals surface area contributed by atoms with Crippen LogP contribution in [0.2, 0.25) is 0 Å². The lowest BCUT2D eigenvalue weighted by Crippen LogP contribution is -2.41. The number of esters is 1. The van der Waals surface area contributed by atoms with Crippen LogP contribution in [-0.2, 0) is 9.53 Å². The zero-order valence-electron chi connectivity index (χ0n) is 11.6. The number of nitrogens with zero attached hydrogens (tertiary/aromatic N) is 1. The molecule has 3 heteroatoms. The number of carbonyl (C=O) groups is 1. The second-order valence-corrected chi connectivity index (χ2v) is 5.24. The Morgan fingerprint density at radius 1 is 1.47 bits per heavy atom. The van der Waals surface area contributed by atoms with Crippen molar-refractivity contribution in [2.45, 2.75) is 46.5 Å². The van der Waals surface area contributed by atoms with Crippen LogP contribution in [0, 0.1) is 11.8 Å². The van der Waals surface area contributed by atoms with E-state index in [2.05, 4.69) is 18.7 Å². The number of piperidine rings is 1. The first-order valence-corrected chi connectivity index (χ1v) is 7.06. The second kappa shape index (κ2) is 7.70. The molecule has 0 spiro atoms. The molecule has 17 heavy (non-hydrogen) atoms. The third-order valence-electron chi connectivity index (χ3n) is 3.48. The van der Waals surface area contributed by atoms with Crippen LogP contribution in [0.3, 0.4) is 0 Å². The first-order chi connectivity index (χ1) is 8.17. The minimum Gasteiger partial charge on any atom is -0.466 e. The number of hydrogen-bond acceptors (Lipinski definition) is 3. The molecule has 0 aliphatic carbocycles. The molecule has 0 radical (unpaired) electrons. The van der Waals surface area contributed by atoms with Crippen molar-refractivity contribution in [1.29, 1.82) is 0 Å². The Morgan fingerprint density at radius 2 is 2.24 bits per heavy atom. The van der Waals surface area contributed by atoms with Crippen molar-refractivity contribution in [2.24, 2.45) is 11.8 Å². The van der Waals surface area contributed by atoms with Crippen LogP contribution in [0.4, 0.5) is 0 Å². The fraction of sp³-hybridized carbons (Fsp3) is 0.929. The van der Waals surface area contributed by atoms with E-state index in [1.165, 1.54) is 12.8 Å². The Hall–Kier alpha value is -0.570. The highest BCUT2D eigenvalue weighted by molar-refractivity contribution is 5.72. The monoisotopic (exact) mass is 241 g/mol. The molecule has 3 nitrogen and oxygen atoms in total. The van der Waals surface area contributed by atoms with Crippen LogP contribution < -0.4 is 0 Å². The topological polar surface area (TPSA) is 29.5 Å². The summed E-state index contributed by atoms with van der Waals surface area (Å²) in [5.41, 5.74) is 0. The van der Waals surface area contributed by atoms with Crippen LogP contribution in [0.15, 0.2) is 0 Å². The van der Waals surface area contributed by atoms with Crippen LogP contribution in [0.5, 0.6) is 0 Å². The van der Waals surface area contributed by atoms with Gasteiger partial charge in [-0.25, -0.2) is 0 Å². The Bertz CT molecular complexity index is 230. The van der Waals surface area contributed by atoms with Gasteiger partial charge in [0.2, 0.25) is 0 Å². The number of carbonyl (C=O) groups excluding carboxylic acids is 1. The molecule has 1 aliphatic heterocycles. The molecule has 1 saturated heterocycles. The predicted molar refractivity (Wildman–Crippen MR) is 69.9 cm³/mol. The van der Waals surface area contributed by atoms with Gasteiger partial charge in [0.05, 0.1) is 12.5 Å². The van der Waals surface area contributed by atoms with Gasteiger partial charge in [-0.15, -0.1) is 0 Å². The Balaban J connectivity index is 2.35. The zero-order chi connectivity index (χ0) is 12.7. The molecule has 1 rings (SSSR count). The summed E-state index contributed by atoms with van der Waals surface area (Å²) < 4.78 is 5.12. The molecular weight excluding hydrogens is 214 g/mol. The van der Waals surface area contributed by atoms with Crippen LogP contribution >= 0.6 is 0 Å². The minimum absolute atomic E-state index is 0.000319. The van der Waals surface area contributed by atoms with Crippen molar-refractivity contribution in [3.05, 3.63) is 0 Å². The van der Waals surface area contributed by atoms with Gasteiger partial charge in [0, 0.05) is 13.1 Å². The highest BCUT2D eigenvalue weighted by atomic mass is 16.5. The lowest BCUT2D eigenvalue weighted by molar-refractivity contribution is -0.150. The largest absolute Gasteiger partial charge is 0.466 e. The summed E-state index contributed by atoms with van der Waals surface area (Å²) in [6, 6.07) is 0. The number of rotatable bonds is 6. The Kier molecular flexibility index (Phi) is 6.56. The van der Waals surface area contributed by atoms with E-state index in [1.54, 1.807) is 0 Å². The average molecular weight is 241 g/mol. The fourth-order valence-electron chi connectivity index (χ4n) is 2.70. The van der Waals surface area contributed by atoms with E-state index < -0.39 is 0 Å². The number of ether oxygens (including phenoxy) is 1. The number of likely N-dealkylation sites (tertiary alicyclic amines) is 1. The maximum Gasteiger partial charge on any atom is 0.310 e. The van der Waals surface area contributed by atoms with E-state index in [-0.39, 0.29) is 11.9 Å². The summed E-state index contributed by atoms with van der Waals surface area (Å²) in [5, 5.41) is 0. The summed E-state index contributed by atoms with van der Waals surface area (Å²) in [5.74, 6) is 0.846. The SMILES string of the molecule is CCCC(C)CN1CCC[C@@H](C(=O)OCC)C1. The van der Waals surface area contributed by atoms with Gasteiger partial charge < -0.3 is 9.64 Å². The Labute approximate surface area is 106 Å². The Morgan fingerprint density at radius 3 is 2.88 bits per heavy atom. The number of hydrogen-bond donors (Lipinski definition) is 0. The van der Waals surface area contributed by atoms with Gasteiger partial charge in [0.25, 0.3) is 0 Å². The molecule has 1 fully saturated rings. The van der Waals surface area contributed by atoms with E-state index >= 15 is 0 Å². The van der Waals surface area contributed by atoms with E-state index in [4.69, 9.17) is 4.74 Å². The summed E-state index contributed by atoms with van der Waals surface area (Å²) in [7, 11) is 0. The van der Waals surface area contributed by atoms with Crippen molar-refractivity contribution in [1.82, 2.24) is 4.90 Å². The normalized spacial score (nSPS) is 23.4. The summed E-state index contributed by atoms with van der Waals surface area (Å²) in [4.78, 5) is 14.1. The van der Waals surface area contributed by atoms with Gasteiger partial charge in [-0.1, -0.05) is 20.3 Å². The van der Waals surface area contributed by atoms with E-state index in [9.17, 15) is 4.79 Å². The molecule has 1 unspecified atom stereocenters. The molecule has 0 saturated carbocycles. The first-order valence-electron chi connectivity index (χ1n) is 7.06. The summed E-state index contributed by atoms with van der Waals surface area (Å²) >= 11 is 0. The van der Waals surface area contributed by atoms with Gasteiger partial charge >= 0.3 is 5.97 Å². The van der Waals surface area contributed by atoms with Gasteiger partial charge in [-0.05, 0) is 38.6 Å². The van der Waals surface area contributed by atoms with Gasteiger partial charge in [0.15, 0.2) is 0 Å². The van der Waals surface area contributed by atoms with Gasteiger partial charge in [-0.3, -0.25) is 4.79 Å². The molecule has 2 atom stereocenters. The lowest BCUT2D eigenvalue weighted by atomic mass is 9.96. The molecule has 0 aromatic rings. The van der Waals surface area contributed by atoms with Crippen molar-refractivity contribution < 1.29 is 9.53 Å². The first kappa shape index (κ1) is 14.5. The highest BCUT2D eigenvalue weighted by Crippen LogP contribution is 2.19. The van der Waals surface area contributed by atoms with E-state index in [0.717, 1.165) is 38.4 Å². The minimum atomic E-state index is 0.000319. The van der Waals surface area contributed by atoms with E-state index in [1.807, 2.05) is 6.92 Å². The fourth-order valence-corrected chi connectivity index (χ4v) is 2.70. The molecule has 0 bridgehead atoms. The van der Waals surface area contributed by atoms with Crippen molar-refractivity contribution >= 4 is 5.97 Å². The van der Waals surface area contributed by atoms with Gasteiger partial charge in [0.1, 0.15) is 0 Å². The van der Waals surface area contributed by atoms with Crippen molar-refractivity contribution in [2.75, 3.05) is 26.2 Å². The molecule has 0 amide bonds. The molecular formula is C14H27NO2. The lowest BCUT2D eigenvalue weighted by Gasteiger charge is -2.33. The van der Waals surface area contributed by atoms with Crippen molar-refractivity contribution in [3.8, 4) is 0 Å². The van der Waals surface area contributed by atoms with Gasteiger partial charge in [-0.2, -0.15) is 0 Å². The molecule has 1 heterocycles. The maximum atomic E-state index is 11.7. The maximum absolute atomic E-state index is 11.7. The molecule has 1 aliphatic rings. The summed E-state index contributed by atoms with van der Waals surface area (Å²) in [6.07, 6.45) is 4.65. The molecule has 100 valence electrons. The quantitative estimate of drug-likeness (QED) is 0.670. The smallest absolute Gasteiger partial charge is 0.310 e. The highest BCUT2D eigenvalue weighted by Gasteiger charge is 2.27.